The largest absolute Gasteiger partial charge is 0.444 e. The Morgan fingerprint density at radius 3 is 1.79 bits per heavy atom. The van der Waals surface area contributed by atoms with Crippen LogP contribution in [0.25, 0.3) is 0 Å². The number of hydrogen-bond donors (Lipinski definition) is 5. The second-order valence-corrected chi connectivity index (χ2v) is 9.87. The van der Waals surface area contributed by atoms with Gasteiger partial charge in [-0.3, -0.25) is 9.59 Å². The van der Waals surface area contributed by atoms with Crippen LogP contribution in [0.3, 0.4) is 0 Å². The average molecular weight is 474 g/mol. The van der Waals surface area contributed by atoms with E-state index in [2.05, 4.69) is 16.0 Å². The monoisotopic (exact) mass is 473 g/mol. The molecule has 4 amide bonds. The molecule has 0 aromatic heterocycles. The maximum Gasteiger partial charge on any atom is 0.408 e. The summed E-state index contributed by atoms with van der Waals surface area (Å²) in [7, 11) is 0. The van der Waals surface area contributed by atoms with Gasteiger partial charge < -0.3 is 36.9 Å². The second-order valence-electron chi connectivity index (χ2n) is 9.87. The van der Waals surface area contributed by atoms with Gasteiger partial charge >= 0.3 is 12.2 Å². The van der Waals surface area contributed by atoms with Gasteiger partial charge in [-0.05, 0) is 86.6 Å². The second kappa shape index (κ2) is 14.6. The first-order chi connectivity index (χ1) is 15.1. The maximum atomic E-state index is 12.8. The molecule has 0 fully saturated rings. The molecule has 0 aromatic rings. The molecule has 7 N–H and O–H groups in total. The molecule has 0 aliphatic carbocycles. The van der Waals surface area contributed by atoms with Crippen LogP contribution in [0.1, 0.15) is 80.1 Å². The van der Waals surface area contributed by atoms with E-state index in [1.807, 2.05) is 0 Å². The molecule has 2 unspecified atom stereocenters. The first-order valence-electron chi connectivity index (χ1n) is 11.4. The Balaban J connectivity index is 4.91. The zero-order valence-corrected chi connectivity index (χ0v) is 20.9. The van der Waals surface area contributed by atoms with Crippen LogP contribution in [0.15, 0.2) is 0 Å². The normalized spacial score (nSPS) is 13.4. The van der Waals surface area contributed by atoms with E-state index < -0.39 is 47.3 Å². The summed E-state index contributed by atoms with van der Waals surface area (Å²) in [5.74, 6) is -1.18. The average Bonchev–Trinajstić information content (AvgIpc) is 2.62. The van der Waals surface area contributed by atoms with E-state index >= 15 is 0 Å². The molecule has 0 aliphatic heterocycles. The Morgan fingerprint density at radius 1 is 0.758 bits per heavy atom. The fraction of sp³-hybridized carbons (Fsp3) is 0.818. The van der Waals surface area contributed by atoms with Crippen molar-refractivity contribution < 1.29 is 28.7 Å². The van der Waals surface area contributed by atoms with Crippen LogP contribution in [0.2, 0.25) is 0 Å². The number of rotatable bonds is 13. The molecule has 0 bridgehead atoms. The van der Waals surface area contributed by atoms with Crippen molar-refractivity contribution in [2.24, 2.45) is 11.5 Å². The minimum atomic E-state index is -0.933. The van der Waals surface area contributed by atoms with E-state index in [9.17, 15) is 19.2 Å². The van der Waals surface area contributed by atoms with Crippen LogP contribution < -0.4 is 27.4 Å². The summed E-state index contributed by atoms with van der Waals surface area (Å²) in [4.78, 5) is 48.5. The number of hydrogen-bond acceptors (Lipinski definition) is 7. The van der Waals surface area contributed by atoms with Gasteiger partial charge in [0.2, 0.25) is 11.8 Å². The molecule has 2 atom stereocenters. The molecule has 11 heteroatoms. The first kappa shape index (κ1) is 30.4. The van der Waals surface area contributed by atoms with Crippen molar-refractivity contribution in [2.75, 3.05) is 13.1 Å². The van der Waals surface area contributed by atoms with Crippen LogP contribution in [0.4, 0.5) is 9.59 Å². The Bertz CT molecular complexity index is 642. The molecule has 192 valence electrons. The van der Waals surface area contributed by atoms with Crippen LogP contribution in [-0.2, 0) is 19.1 Å². The molecule has 0 aromatic carbocycles. The Labute approximate surface area is 197 Å². The number of ether oxygens (including phenoxy) is 2. The molecular formula is C22H43N5O6. The van der Waals surface area contributed by atoms with E-state index in [1.54, 1.807) is 41.5 Å². The molecule has 0 spiro atoms. The lowest BCUT2D eigenvalue weighted by molar-refractivity contribution is -0.128. The maximum absolute atomic E-state index is 12.8. The predicted molar refractivity (Wildman–Crippen MR) is 125 cm³/mol. The standard InChI is InChI=1S/C22H43N5O6/c1-21(2,3)32-19(30)25-14-10-8-12-16(27-20(31)33-22(4,5)6)18(29)26-15(17(24)28)11-7-9-13-23/h15-16H,7-14,23H2,1-6H3,(H2,24,28)(H,25,30)(H,26,29)(H,27,31). The van der Waals surface area contributed by atoms with Crippen molar-refractivity contribution >= 4 is 24.0 Å². The van der Waals surface area contributed by atoms with Gasteiger partial charge in [0.1, 0.15) is 23.3 Å². The Kier molecular flexibility index (Phi) is 13.4. The minimum Gasteiger partial charge on any atom is -0.444 e. The van der Waals surface area contributed by atoms with Gasteiger partial charge in [0.25, 0.3) is 0 Å². The fourth-order valence-corrected chi connectivity index (χ4v) is 2.75. The Hall–Kier alpha value is -2.56. The lowest BCUT2D eigenvalue weighted by atomic mass is 10.1. The van der Waals surface area contributed by atoms with Crippen molar-refractivity contribution in [1.29, 1.82) is 0 Å². The third kappa shape index (κ3) is 16.7. The van der Waals surface area contributed by atoms with Crippen LogP contribution >= 0.6 is 0 Å². The van der Waals surface area contributed by atoms with Crippen molar-refractivity contribution in [2.45, 2.75) is 103 Å². The van der Waals surface area contributed by atoms with Crippen molar-refractivity contribution in [1.82, 2.24) is 16.0 Å². The summed E-state index contributed by atoms with van der Waals surface area (Å²) in [6, 6.07) is -1.79. The Morgan fingerprint density at radius 2 is 1.27 bits per heavy atom. The molecule has 0 rings (SSSR count). The van der Waals surface area contributed by atoms with E-state index in [1.165, 1.54) is 0 Å². The number of nitrogens with two attached hydrogens (primary N) is 2. The smallest absolute Gasteiger partial charge is 0.408 e. The number of primary amides is 1. The van der Waals surface area contributed by atoms with Gasteiger partial charge in [-0.15, -0.1) is 0 Å². The highest BCUT2D eigenvalue weighted by atomic mass is 16.6. The molecular weight excluding hydrogens is 430 g/mol. The third-order valence-corrected chi connectivity index (χ3v) is 4.20. The first-order valence-corrected chi connectivity index (χ1v) is 11.4. The molecule has 0 aliphatic rings. The zero-order valence-electron chi connectivity index (χ0n) is 20.9. The van der Waals surface area contributed by atoms with Gasteiger partial charge in [-0.1, -0.05) is 0 Å². The van der Waals surface area contributed by atoms with Crippen molar-refractivity contribution in [3.63, 3.8) is 0 Å². The zero-order chi connectivity index (χ0) is 25.7. The molecule has 11 nitrogen and oxygen atoms in total. The lowest BCUT2D eigenvalue weighted by Gasteiger charge is -2.25. The number of unbranched alkanes of at least 4 members (excludes halogenated alkanes) is 2. The highest BCUT2D eigenvalue weighted by molar-refractivity contribution is 5.90. The summed E-state index contributed by atoms with van der Waals surface area (Å²) in [6.45, 7) is 11.3. The third-order valence-electron chi connectivity index (χ3n) is 4.20. The van der Waals surface area contributed by atoms with Gasteiger partial charge in [-0.25, -0.2) is 9.59 Å². The van der Waals surface area contributed by atoms with Gasteiger partial charge in [0, 0.05) is 6.54 Å². The van der Waals surface area contributed by atoms with E-state index in [4.69, 9.17) is 20.9 Å². The number of alkyl carbamates (subject to hydrolysis) is 2. The SMILES string of the molecule is CC(C)(C)OC(=O)NCCCCC(NC(=O)OC(C)(C)C)C(=O)NC(CCCCN)C(N)=O. The quantitative estimate of drug-likeness (QED) is 0.253. The van der Waals surface area contributed by atoms with Crippen LogP contribution in [-0.4, -0.2) is 60.4 Å². The topological polar surface area (TPSA) is 175 Å². The predicted octanol–water partition coefficient (Wildman–Crippen LogP) is 1.67. The van der Waals surface area contributed by atoms with Crippen LogP contribution in [0, 0.1) is 0 Å². The van der Waals surface area contributed by atoms with Gasteiger partial charge in [0.05, 0.1) is 0 Å². The molecule has 0 radical (unpaired) electrons. The highest BCUT2D eigenvalue weighted by Gasteiger charge is 2.27. The van der Waals surface area contributed by atoms with Crippen LogP contribution in [0.5, 0.6) is 0 Å². The number of carbonyl (C=O) groups is 4. The summed E-state index contributed by atoms with van der Waals surface area (Å²) in [5.41, 5.74) is 9.56. The fourth-order valence-electron chi connectivity index (χ4n) is 2.75. The molecule has 0 heterocycles. The summed E-state index contributed by atoms with van der Waals surface area (Å²) < 4.78 is 10.4. The number of amides is 4. The molecule has 33 heavy (non-hydrogen) atoms. The van der Waals surface area contributed by atoms with Crippen molar-refractivity contribution in [3.8, 4) is 0 Å². The molecule has 0 saturated carbocycles. The summed E-state index contributed by atoms with van der Waals surface area (Å²) in [5, 5.41) is 7.82. The minimum absolute atomic E-state index is 0.273. The lowest BCUT2D eigenvalue weighted by Crippen LogP contribution is -2.53. The summed E-state index contributed by atoms with van der Waals surface area (Å²) in [6.07, 6.45) is 1.76. The highest BCUT2D eigenvalue weighted by Crippen LogP contribution is 2.10. The van der Waals surface area contributed by atoms with Crippen molar-refractivity contribution in [3.05, 3.63) is 0 Å². The van der Waals surface area contributed by atoms with E-state index in [-0.39, 0.29) is 6.42 Å². The summed E-state index contributed by atoms with van der Waals surface area (Å²) >= 11 is 0. The number of carbonyl (C=O) groups excluding carboxylic acids is 4. The van der Waals surface area contributed by atoms with Gasteiger partial charge in [0.15, 0.2) is 0 Å². The van der Waals surface area contributed by atoms with E-state index in [0.29, 0.717) is 45.2 Å². The molecule has 0 saturated heterocycles. The van der Waals surface area contributed by atoms with Gasteiger partial charge in [-0.2, -0.15) is 0 Å². The number of nitrogens with one attached hydrogen (secondary N) is 3. The van der Waals surface area contributed by atoms with E-state index in [0.717, 1.165) is 0 Å².